The molecule has 22 heavy (non-hydrogen) atoms. The molecule has 4 rings (SSSR count). The van der Waals surface area contributed by atoms with Crippen LogP contribution in [0.5, 0.6) is 0 Å². The van der Waals surface area contributed by atoms with Crippen LogP contribution in [0.15, 0.2) is 67.3 Å². The summed E-state index contributed by atoms with van der Waals surface area (Å²) in [7, 11) is 0. The van der Waals surface area contributed by atoms with Crippen LogP contribution >= 0.6 is 0 Å². The second-order valence-corrected chi connectivity index (χ2v) is 5.75. The summed E-state index contributed by atoms with van der Waals surface area (Å²) in [6.07, 6.45) is 9.87. The molecule has 3 heteroatoms. The van der Waals surface area contributed by atoms with Crippen LogP contribution in [-0.4, -0.2) is 4.57 Å². The molecule has 1 unspecified atom stereocenters. The summed E-state index contributed by atoms with van der Waals surface area (Å²) in [5.41, 5.74) is 5.75. The van der Waals surface area contributed by atoms with E-state index >= 15 is 0 Å². The van der Waals surface area contributed by atoms with Gasteiger partial charge in [-0.3, -0.25) is 4.98 Å². The van der Waals surface area contributed by atoms with Gasteiger partial charge in [-0.15, -0.1) is 0 Å². The fraction of sp³-hybridized carbons (Fsp3) is 0.211. The van der Waals surface area contributed by atoms with Crippen molar-refractivity contribution in [2.75, 3.05) is 0 Å². The van der Waals surface area contributed by atoms with Gasteiger partial charge in [0.1, 0.15) is 12.4 Å². The zero-order chi connectivity index (χ0) is 14.1. The molecule has 3 aromatic rings. The van der Waals surface area contributed by atoms with Gasteiger partial charge in [-0.05, 0) is 30.4 Å². The number of imidazole rings is 1. The molecule has 1 aliphatic rings. The van der Waals surface area contributed by atoms with Gasteiger partial charge in [0.25, 0.3) is 0 Å². The normalized spacial score (nSPS) is 14.2. The molecule has 1 aromatic heterocycles. The lowest BCUT2D eigenvalue weighted by molar-refractivity contribution is -0.377. The van der Waals surface area contributed by atoms with Crippen LogP contribution in [0.2, 0.25) is 0 Å². The minimum absolute atomic E-state index is 0. The zero-order valence-electron chi connectivity index (χ0n) is 12.4. The smallest absolute Gasteiger partial charge is 0.242 e. The second kappa shape index (κ2) is 6.37. The molecule has 1 atom stereocenters. The van der Waals surface area contributed by atoms with Crippen molar-refractivity contribution in [3.05, 3.63) is 89.5 Å². The zero-order valence-corrected chi connectivity index (χ0v) is 13.1. The number of fused-ring (bicyclic) bond motifs is 1. The second-order valence-electron chi connectivity index (χ2n) is 5.75. The molecular formula is C19H19ClN2. The average molecular weight is 311 g/mol. The predicted octanol–water partition coefficient (Wildman–Crippen LogP) is 0.433. The maximum atomic E-state index is 3.17. The molecule has 0 spiro atoms. The maximum Gasteiger partial charge on any atom is 0.242 e. The first-order chi connectivity index (χ1) is 10.4. The highest BCUT2D eigenvalue weighted by molar-refractivity contribution is 5.40. The Hall–Kier alpha value is -2.06. The Kier molecular flexibility index (Phi) is 4.30. The van der Waals surface area contributed by atoms with Gasteiger partial charge in [-0.1, -0.05) is 48.5 Å². The van der Waals surface area contributed by atoms with E-state index in [1.54, 1.807) is 0 Å². The van der Waals surface area contributed by atoms with Crippen molar-refractivity contribution < 1.29 is 17.4 Å². The van der Waals surface area contributed by atoms with Crippen LogP contribution in [0.1, 0.15) is 34.7 Å². The molecule has 0 fully saturated rings. The minimum Gasteiger partial charge on any atom is -1.00 e. The first-order valence-corrected chi connectivity index (χ1v) is 7.62. The standard InChI is InChI=1S/C19H18N2.ClH/c1-2-5-16(6-3-1)19(21-12-11-20-14-21)18-10-9-15-7-4-8-17(15)13-18;/h1-3,5-6,9-14,19H,4,7-8H2;1H. The minimum atomic E-state index is 0. The Morgan fingerprint density at radius 2 is 1.73 bits per heavy atom. The average Bonchev–Trinajstić information content (AvgIpc) is 3.19. The lowest BCUT2D eigenvalue weighted by atomic mass is 9.95. The van der Waals surface area contributed by atoms with E-state index in [1.807, 2.05) is 12.5 Å². The van der Waals surface area contributed by atoms with E-state index in [4.69, 9.17) is 0 Å². The van der Waals surface area contributed by atoms with Crippen molar-refractivity contribution in [1.29, 1.82) is 0 Å². The van der Waals surface area contributed by atoms with E-state index in [2.05, 4.69) is 64.3 Å². The molecule has 1 aliphatic carbocycles. The number of rotatable bonds is 3. The number of nitrogens with one attached hydrogen (secondary N) is 1. The van der Waals surface area contributed by atoms with Gasteiger partial charge in [0.15, 0.2) is 6.04 Å². The van der Waals surface area contributed by atoms with Gasteiger partial charge >= 0.3 is 0 Å². The Bertz CT molecular complexity index is 735. The highest BCUT2D eigenvalue weighted by Crippen LogP contribution is 2.30. The van der Waals surface area contributed by atoms with Gasteiger partial charge in [-0.2, -0.15) is 0 Å². The molecule has 0 saturated heterocycles. The number of aryl methyl sites for hydroxylation is 2. The summed E-state index contributed by atoms with van der Waals surface area (Å²) in [6.45, 7) is 0. The third-order valence-electron chi connectivity index (χ3n) is 4.42. The summed E-state index contributed by atoms with van der Waals surface area (Å²) < 4.78 is 2.24. The highest BCUT2D eigenvalue weighted by Gasteiger charge is 2.22. The highest BCUT2D eigenvalue weighted by atomic mass is 35.5. The summed E-state index contributed by atoms with van der Waals surface area (Å²) in [5, 5.41) is 0. The molecule has 0 radical (unpaired) electrons. The van der Waals surface area contributed by atoms with E-state index in [1.165, 1.54) is 41.5 Å². The third-order valence-corrected chi connectivity index (χ3v) is 4.42. The number of aromatic amines is 1. The number of hydrogen-bond acceptors (Lipinski definition) is 0. The first-order valence-electron chi connectivity index (χ1n) is 7.62. The van der Waals surface area contributed by atoms with E-state index in [0.717, 1.165) is 0 Å². The van der Waals surface area contributed by atoms with E-state index < -0.39 is 0 Å². The van der Waals surface area contributed by atoms with Gasteiger partial charge in [-0.25, -0.2) is 4.57 Å². The molecule has 2 nitrogen and oxygen atoms in total. The Balaban J connectivity index is 0.00000144. The first kappa shape index (κ1) is 14.9. The number of halogens is 1. The van der Waals surface area contributed by atoms with Crippen molar-refractivity contribution >= 4 is 0 Å². The Morgan fingerprint density at radius 1 is 0.909 bits per heavy atom. The van der Waals surface area contributed by atoms with Crippen LogP contribution in [-0.2, 0) is 12.8 Å². The van der Waals surface area contributed by atoms with Crippen LogP contribution in [0, 0.1) is 0 Å². The fourth-order valence-electron chi connectivity index (χ4n) is 3.40. The van der Waals surface area contributed by atoms with Crippen molar-refractivity contribution in [3.63, 3.8) is 0 Å². The lowest BCUT2D eigenvalue weighted by Gasteiger charge is -2.16. The van der Waals surface area contributed by atoms with Gasteiger partial charge in [0.05, 0.1) is 0 Å². The molecule has 0 bridgehead atoms. The van der Waals surface area contributed by atoms with E-state index in [9.17, 15) is 0 Å². The van der Waals surface area contributed by atoms with Crippen LogP contribution in [0.4, 0.5) is 0 Å². The molecule has 0 saturated carbocycles. The molecule has 0 amide bonds. The molecule has 1 N–H and O–H groups in total. The fourth-order valence-corrected chi connectivity index (χ4v) is 3.40. The lowest BCUT2D eigenvalue weighted by Crippen LogP contribution is -3.00. The number of benzene rings is 2. The van der Waals surface area contributed by atoms with Crippen molar-refractivity contribution in [2.45, 2.75) is 25.3 Å². The van der Waals surface area contributed by atoms with Crippen molar-refractivity contribution in [3.8, 4) is 0 Å². The van der Waals surface area contributed by atoms with E-state index in [0.29, 0.717) is 0 Å². The maximum absolute atomic E-state index is 3.17. The van der Waals surface area contributed by atoms with Gasteiger partial charge < -0.3 is 12.4 Å². The SMILES string of the molecule is [Cl-].c1ccc(C(c2ccc3c(c2)CCC3)n2cc[nH+]c2)cc1. The summed E-state index contributed by atoms with van der Waals surface area (Å²) in [6, 6.07) is 18.0. The molecule has 1 heterocycles. The molecular weight excluding hydrogens is 292 g/mol. The van der Waals surface area contributed by atoms with Crippen molar-refractivity contribution in [2.24, 2.45) is 0 Å². The molecule has 0 aliphatic heterocycles. The third kappa shape index (κ3) is 2.67. The van der Waals surface area contributed by atoms with Crippen molar-refractivity contribution in [1.82, 2.24) is 4.57 Å². The Labute approximate surface area is 137 Å². The van der Waals surface area contributed by atoms with Gasteiger partial charge in [0, 0.05) is 11.1 Å². The quantitative estimate of drug-likeness (QED) is 0.668. The molecule has 112 valence electrons. The summed E-state index contributed by atoms with van der Waals surface area (Å²) in [5.74, 6) is 0. The van der Waals surface area contributed by atoms with Crippen LogP contribution in [0.25, 0.3) is 0 Å². The summed E-state index contributed by atoms with van der Waals surface area (Å²) in [4.78, 5) is 3.17. The number of aromatic nitrogens is 2. The summed E-state index contributed by atoms with van der Waals surface area (Å²) >= 11 is 0. The van der Waals surface area contributed by atoms with Gasteiger partial charge in [0.2, 0.25) is 6.33 Å². The topological polar surface area (TPSA) is 19.1 Å². The van der Waals surface area contributed by atoms with E-state index in [-0.39, 0.29) is 18.4 Å². The predicted molar refractivity (Wildman–Crippen MR) is 83.1 cm³/mol. The Morgan fingerprint density at radius 3 is 2.50 bits per heavy atom. The monoisotopic (exact) mass is 310 g/mol. The molecule has 2 aromatic carbocycles. The largest absolute Gasteiger partial charge is 1.00 e. The number of H-pyrrole nitrogens is 1. The number of hydrogen-bond donors (Lipinski definition) is 0. The van der Waals surface area contributed by atoms with Crippen LogP contribution in [0.3, 0.4) is 0 Å². The number of nitrogens with zero attached hydrogens (tertiary/aromatic N) is 1. The van der Waals surface area contributed by atoms with Crippen LogP contribution < -0.4 is 17.4 Å².